The summed E-state index contributed by atoms with van der Waals surface area (Å²) >= 11 is 0. The first-order valence-corrected chi connectivity index (χ1v) is 7.66. The number of imidazole rings is 1. The number of hydrogen-bond donors (Lipinski definition) is 1. The van der Waals surface area contributed by atoms with Crippen LogP contribution in [0.3, 0.4) is 0 Å². The molecule has 128 valence electrons. The van der Waals surface area contributed by atoms with Crippen molar-refractivity contribution in [1.29, 1.82) is 0 Å². The van der Waals surface area contributed by atoms with Gasteiger partial charge in [0.25, 0.3) is 0 Å². The van der Waals surface area contributed by atoms with Crippen molar-refractivity contribution in [2.24, 2.45) is 0 Å². The molecule has 0 aliphatic heterocycles. The van der Waals surface area contributed by atoms with Gasteiger partial charge in [0.1, 0.15) is 5.65 Å². The average molecular weight is 338 g/mol. The molecule has 3 aromatic rings. The highest BCUT2D eigenvalue weighted by atomic mass is 16.5. The number of hydrogen-bond acceptors (Lipinski definition) is 4. The topological polar surface area (TPSA) is 73.1 Å². The van der Waals surface area contributed by atoms with E-state index in [0.717, 1.165) is 22.9 Å². The normalized spacial score (nSPS) is 11.2. The van der Waals surface area contributed by atoms with E-state index in [1.54, 1.807) is 26.4 Å². The minimum Gasteiger partial charge on any atom is -0.493 e. The fraction of sp³-hybridized carbons (Fsp3) is 0.158. The Morgan fingerprint density at radius 2 is 1.96 bits per heavy atom. The zero-order valence-electron chi connectivity index (χ0n) is 14.2. The van der Waals surface area contributed by atoms with E-state index in [2.05, 4.69) is 0 Å². The molecule has 0 fully saturated rings. The third kappa shape index (κ3) is 3.06. The second-order valence-electron chi connectivity index (χ2n) is 5.47. The molecular weight excluding hydrogens is 320 g/mol. The number of carbonyl (C=O) groups is 1. The van der Waals surface area contributed by atoms with Gasteiger partial charge in [-0.05, 0) is 42.8 Å². The number of methoxy groups -OCH3 is 2. The molecule has 3 rings (SSSR count). The van der Waals surface area contributed by atoms with Crippen molar-refractivity contribution in [2.75, 3.05) is 14.2 Å². The van der Waals surface area contributed by atoms with Crippen LogP contribution in [0.25, 0.3) is 23.0 Å². The van der Waals surface area contributed by atoms with E-state index in [1.165, 1.54) is 0 Å². The van der Waals surface area contributed by atoms with Crippen LogP contribution < -0.4 is 9.47 Å². The van der Waals surface area contributed by atoms with Gasteiger partial charge >= 0.3 is 5.97 Å². The number of benzene rings is 1. The predicted octanol–water partition coefficient (Wildman–Crippen LogP) is 3.42. The predicted molar refractivity (Wildman–Crippen MR) is 95.1 cm³/mol. The van der Waals surface area contributed by atoms with E-state index in [1.807, 2.05) is 41.8 Å². The van der Waals surface area contributed by atoms with Crippen molar-refractivity contribution in [3.8, 4) is 22.8 Å². The lowest BCUT2D eigenvalue weighted by atomic mass is 10.1. The second-order valence-corrected chi connectivity index (χ2v) is 5.47. The lowest BCUT2D eigenvalue weighted by Gasteiger charge is -2.09. The van der Waals surface area contributed by atoms with E-state index in [9.17, 15) is 4.79 Å². The summed E-state index contributed by atoms with van der Waals surface area (Å²) in [4.78, 5) is 15.7. The van der Waals surface area contributed by atoms with Gasteiger partial charge in [0.2, 0.25) is 0 Å². The highest BCUT2D eigenvalue weighted by Gasteiger charge is 2.15. The van der Waals surface area contributed by atoms with Gasteiger partial charge in [-0.2, -0.15) is 0 Å². The van der Waals surface area contributed by atoms with Crippen molar-refractivity contribution in [1.82, 2.24) is 9.38 Å². The van der Waals surface area contributed by atoms with E-state index < -0.39 is 5.97 Å². The van der Waals surface area contributed by atoms with Gasteiger partial charge in [0.05, 0.1) is 25.6 Å². The molecule has 25 heavy (non-hydrogen) atoms. The Morgan fingerprint density at radius 1 is 1.20 bits per heavy atom. The SMILES string of the molecule is COc1ccc(-c2nc3c(C)cccn3c2/C=C/C(=O)O)cc1OC. The Kier molecular flexibility index (Phi) is 4.43. The minimum absolute atomic E-state index is 0.585. The minimum atomic E-state index is -1.01. The summed E-state index contributed by atoms with van der Waals surface area (Å²) < 4.78 is 12.5. The van der Waals surface area contributed by atoms with Crippen molar-refractivity contribution in [3.63, 3.8) is 0 Å². The Labute approximate surface area is 145 Å². The zero-order chi connectivity index (χ0) is 18.0. The van der Waals surface area contributed by atoms with Crippen LogP contribution in [0.5, 0.6) is 11.5 Å². The lowest BCUT2D eigenvalue weighted by Crippen LogP contribution is -1.93. The molecule has 1 aromatic carbocycles. The summed E-state index contributed by atoms with van der Waals surface area (Å²) in [6.45, 7) is 1.96. The number of nitrogens with zero attached hydrogens (tertiary/aromatic N) is 2. The Bertz CT molecular complexity index is 973. The molecular formula is C19H18N2O4. The van der Waals surface area contributed by atoms with Gasteiger partial charge in [0, 0.05) is 17.8 Å². The second kappa shape index (κ2) is 6.68. The molecule has 0 aliphatic carbocycles. The van der Waals surface area contributed by atoms with Crippen LogP contribution in [-0.4, -0.2) is 34.7 Å². The highest BCUT2D eigenvalue weighted by Crippen LogP contribution is 2.34. The monoisotopic (exact) mass is 338 g/mol. The summed E-state index contributed by atoms with van der Waals surface area (Å²) in [5.41, 5.74) is 3.95. The molecule has 0 saturated heterocycles. The molecule has 0 spiro atoms. The van der Waals surface area contributed by atoms with E-state index in [0.29, 0.717) is 22.9 Å². The number of fused-ring (bicyclic) bond motifs is 1. The molecule has 0 radical (unpaired) electrons. The van der Waals surface area contributed by atoms with Crippen LogP contribution in [0.15, 0.2) is 42.6 Å². The number of pyridine rings is 1. The zero-order valence-corrected chi connectivity index (χ0v) is 14.2. The molecule has 0 bridgehead atoms. The summed E-state index contributed by atoms with van der Waals surface area (Å²) in [6, 6.07) is 9.37. The first-order valence-electron chi connectivity index (χ1n) is 7.66. The van der Waals surface area contributed by atoms with Crippen LogP contribution in [-0.2, 0) is 4.79 Å². The summed E-state index contributed by atoms with van der Waals surface area (Å²) in [5, 5.41) is 9.00. The average Bonchev–Trinajstić information content (AvgIpc) is 2.99. The van der Waals surface area contributed by atoms with Crippen LogP contribution in [0.4, 0.5) is 0 Å². The largest absolute Gasteiger partial charge is 0.493 e. The third-order valence-corrected chi connectivity index (χ3v) is 3.92. The number of aryl methyl sites for hydroxylation is 1. The van der Waals surface area contributed by atoms with Crippen LogP contribution in [0.2, 0.25) is 0 Å². The van der Waals surface area contributed by atoms with Gasteiger partial charge in [-0.15, -0.1) is 0 Å². The van der Waals surface area contributed by atoms with E-state index in [-0.39, 0.29) is 0 Å². The van der Waals surface area contributed by atoms with Gasteiger partial charge in [-0.3, -0.25) is 4.40 Å². The molecule has 0 atom stereocenters. The number of carboxylic acids is 1. The Morgan fingerprint density at radius 3 is 2.64 bits per heavy atom. The number of aromatic nitrogens is 2. The maximum Gasteiger partial charge on any atom is 0.328 e. The quantitative estimate of drug-likeness (QED) is 0.722. The Balaban J connectivity index is 2.26. The summed E-state index contributed by atoms with van der Waals surface area (Å²) in [7, 11) is 3.15. The number of rotatable bonds is 5. The maximum atomic E-state index is 11.0. The molecule has 0 amide bonds. The molecule has 2 heterocycles. The Hall–Kier alpha value is -3.28. The molecule has 0 unspecified atom stereocenters. The molecule has 0 saturated carbocycles. The molecule has 1 N–H and O–H groups in total. The van der Waals surface area contributed by atoms with Crippen LogP contribution in [0, 0.1) is 6.92 Å². The molecule has 6 heteroatoms. The van der Waals surface area contributed by atoms with Crippen molar-refractivity contribution >= 4 is 17.7 Å². The third-order valence-electron chi connectivity index (χ3n) is 3.92. The number of carboxylic acid groups (broad SMARTS) is 1. The van der Waals surface area contributed by atoms with Crippen LogP contribution >= 0.6 is 0 Å². The smallest absolute Gasteiger partial charge is 0.328 e. The number of aliphatic carboxylic acids is 1. The highest BCUT2D eigenvalue weighted by molar-refractivity contribution is 5.87. The fourth-order valence-electron chi connectivity index (χ4n) is 2.73. The van der Waals surface area contributed by atoms with Crippen molar-refractivity contribution in [2.45, 2.75) is 6.92 Å². The van der Waals surface area contributed by atoms with Gasteiger partial charge in [-0.1, -0.05) is 6.07 Å². The molecule has 6 nitrogen and oxygen atoms in total. The first kappa shape index (κ1) is 16.6. The van der Waals surface area contributed by atoms with Gasteiger partial charge in [0.15, 0.2) is 11.5 Å². The number of ether oxygens (including phenoxy) is 2. The van der Waals surface area contributed by atoms with E-state index in [4.69, 9.17) is 19.6 Å². The van der Waals surface area contributed by atoms with Gasteiger partial charge < -0.3 is 14.6 Å². The lowest BCUT2D eigenvalue weighted by molar-refractivity contribution is -0.131. The summed E-state index contributed by atoms with van der Waals surface area (Å²) in [5.74, 6) is 0.191. The standard InChI is InChI=1S/C19H18N2O4/c1-12-5-4-10-21-14(7-9-17(22)23)18(20-19(12)21)13-6-8-15(24-2)16(11-13)25-3/h4-11H,1-3H3,(H,22,23)/b9-7+. The first-order chi connectivity index (χ1) is 12.0. The van der Waals surface area contributed by atoms with Gasteiger partial charge in [-0.25, -0.2) is 9.78 Å². The maximum absolute atomic E-state index is 11.0. The van der Waals surface area contributed by atoms with Crippen LogP contribution in [0.1, 0.15) is 11.3 Å². The molecule has 2 aromatic heterocycles. The molecule has 0 aliphatic rings. The van der Waals surface area contributed by atoms with Crippen molar-refractivity contribution < 1.29 is 19.4 Å². The summed E-state index contributed by atoms with van der Waals surface area (Å²) in [6.07, 6.45) is 4.52. The van der Waals surface area contributed by atoms with Crippen molar-refractivity contribution in [3.05, 3.63) is 53.9 Å². The van der Waals surface area contributed by atoms with E-state index >= 15 is 0 Å². The fourth-order valence-corrected chi connectivity index (χ4v) is 2.73.